The number of carbonyl (C=O) groups excluding carboxylic acids is 2. The minimum Gasteiger partial charge on any atom is -0.497 e. The maximum atomic E-state index is 12.8. The molecular weight excluding hydrogens is 412 g/mol. The summed E-state index contributed by atoms with van der Waals surface area (Å²) in [7, 11) is 1.59. The van der Waals surface area contributed by atoms with Crippen molar-refractivity contribution in [3.8, 4) is 11.5 Å². The zero-order chi connectivity index (χ0) is 22.5. The molecule has 0 spiro atoms. The molecule has 166 valence electrons. The summed E-state index contributed by atoms with van der Waals surface area (Å²) < 4.78 is 15.7. The normalized spacial score (nSPS) is 13.7. The number of hydrogen-bond acceptors (Lipinski definition) is 7. The molecule has 1 aliphatic heterocycles. The first-order valence-electron chi connectivity index (χ1n) is 10.3. The van der Waals surface area contributed by atoms with Gasteiger partial charge in [0, 0.05) is 44.2 Å². The number of ether oxygens (including phenoxy) is 2. The second kappa shape index (κ2) is 9.51. The summed E-state index contributed by atoms with van der Waals surface area (Å²) in [6, 6.07) is 14.0. The second-order valence-electron chi connectivity index (χ2n) is 7.36. The predicted octanol–water partition coefficient (Wildman–Crippen LogP) is 2.56. The van der Waals surface area contributed by atoms with E-state index in [-0.39, 0.29) is 18.4 Å². The third kappa shape index (κ3) is 4.88. The van der Waals surface area contributed by atoms with Crippen LogP contribution >= 0.6 is 0 Å². The van der Waals surface area contributed by atoms with Crippen molar-refractivity contribution in [3.63, 3.8) is 0 Å². The van der Waals surface area contributed by atoms with Gasteiger partial charge in [-0.3, -0.25) is 9.59 Å². The Labute approximate surface area is 185 Å². The molecule has 0 radical (unpaired) electrons. The van der Waals surface area contributed by atoms with Gasteiger partial charge in [-0.1, -0.05) is 5.16 Å². The van der Waals surface area contributed by atoms with Crippen LogP contribution in [-0.4, -0.2) is 65.0 Å². The molecule has 0 saturated carbocycles. The van der Waals surface area contributed by atoms with Gasteiger partial charge in [-0.2, -0.15) is 4.98 Å². The summed E-state index contributed by atoms with van der Waals surface area (Å²) >= 11 is 0. The molecule has 0 atom stereocenters. The molecule has 1 aromatic heterocycles. The highest BCUT2D eigenvalue weighted by molar-refractivity contribution is 5.96. The van der Waals surface area contributed by atoms with Crippen molar-refractivity contribution in [3.05, 3.63) is 71.4 Å². The molecular formula is C23H24N4O5. The Hall–Kier alpha value is -3.88. The summed E-state index contributed by atoms with van der Waals surface area (Å²) in [5.74, 6) is 2.15. The molecule has 2 aromatic carbocycles. The van der Waals surface area contributed by atoms with E-state index in [0.717, 1.165) is 0 Å². The standard InChI is InChI=1S/C23H24N4O5/c1-16-24-21(25-32-16)15-31-20-9-5-18(6-10-20)23(29)27-13-11-26(12-14-27)22(28)17-3-7-19(30-2)8-4-17/h3-10H,11-15H2,1-2H3. The number of methoxy groups -OCH3 is 1. The first-order valence-corrected chi connectivity index (χ1v) is 10.3. The van der Waals surface area contributed by atoms with E-state index in [4.69, 9.17) is 14.0 Å². The number of hydrogen-bond donors (Lipinski definition) is 0. The lowest BCUT2D eigenvalue weighted by molar-refractivity contribution is 0.0535. The molecule has 0 N–H and O–H groups in total. The molecule has 1 aliphatic rings. The molecule has 4 rings (SSSR count). The van der Waals surface area contributed by atoms with Gasteiger partial charge in [0.1, 0.15) is 11.5 Å². The van der Waals surface area contributed by atoms with Gasteiger partial charge >= 0.3 is 0 Å². The summed E-state index contributed by atoms with van der Waals surface area (Å²) in [5.41, 5.74) is 1.18. The minimum atomic E-state index is -0.0677. The van der Waals surface area contributed by atoms with Gasteiger partial charge in [0.2, 0.25) is 11.7 Å². The number of nitrogens with zero attached hydrogens (tertiary/aromatic N) is 4. The van der Waals surface area contributed by atoms with Crippen LogP contribution in [0.3, 0.4) is 0 Å². The van der Waals surface area contributed by atoms with E-state index in [1.807, 2.05) is 0 Å². The fraction of sp³-hybridized carbons (Fsp3) is 0.304. The van der Waals surface area contributed by atoms with Crippen LogP contribution in [0.5, 0.6) is 11.5 Å². The molecule has 0 aliphatic carbocycles. The topological polar surface area (TPSA) is 98.0 Å². The van der Waals surface area contributed by atoms with Crippen LogP contribution < -0.4 is 9.47 Å². The highest BCUT2D eigenvalue weighted by Gasteiger charge is 2.25. The largest absolute Gasteiger partial charge is 0.497 e. The molecule has 0 bridgehead atoms. The van der Waals surface area contributed by atoms with Crippen molar-refractivity contribution < 1.29 is 23.6 Å². The van der Waals surface area contributed by atoms with Crippen LogP contribution in [-0.2, 0) is 6.61 Å². The van der Waals surface area contributed by atoms with Crippen LogP contribution in [0.25, 0.3) is 0 Å². The van der Waals surface area contributed by atoms with Crippen molar-refractivity contribution in [2.45, 2.75) is 13.5 Å². The number of benzene rings is 2. The maximum Gasteiger partial charge on any atom is 0.253 e. The molecule has 2 heterocycles. The fourth-order valence-corrected chi connectivity index (χ4v) is 3.45. The molecule has 9 nitrogen and oxygen atoms in total. The molecule has 1 fully saturated rings. The Bertz CT molecular complexity index is 1070. The lowest BCUT2D eigenvalue weighted by atomic mass is 10.1. The number of amides is 2. The number of piperazine rings is 1. The second-order valence-corrected chi connectivity index (χ2v) is 7.36. The van der Waals surface area contributed by atoms with Crippen molar-refractivity contribution in [2.24, 2.45) is 0 Å². The molecule has 3 aromatic rings. The van der Waals surface area contributed by atoms with E-state index in [0.29, 0.717) is 60.5 Å². The summed E-state index contributed by atoms with van der Waals surface area (Å²) in [5, 5.41) is 3.78. The predicted molar refractivity (Wildman–Crippen MR) is 115 cm³/mol. The van der Waals surface area contributed by atoms with Crippen LogP contribution in [0, 0.1) is 6.92 Å². The van der Waals surface area contributed by atoms with Gasteiger partial charge in [0.15, 0.2) is 6.61 Å². The van der Waals surface area contributed by atoms with Crippen LogP contribution in [0.15, 0.2) is 53.1 Å². The molecule has 0 unspecified atom stereocenters. The molecule has 32 heavy (non-hydrogen) atoms. The lowest BCUT2D eigenvalue weighted by Gasteiger charge is -2.35. The maximum absolute atomic E-state index is 12.8. The monoisotopic (exact) mass is 436 g/mol. The highest BCUT2D eigenvalue weighted by atomic mass is 16.5. The third-order valence-electron chi connectivity index (χ3n) is 5.23. The van der Waals surface area contributed by atoms with Gasteiger partial charge in [-0.25, -0.2) is 0 Å². The first kappa shape index (κ1) is 21.4. The minimum absolute atomic E-state index is 0.0435. The molecule has 1 saturated heterocycles. The lowest BCUT2D eigenvalue weighted by Crippen LogP contribution is -2.50. The highest BCUT2D eigenvalue weighted by Crippen LogP contribution is 2.18. The van der Waals surface area contributed by atoms with Gasteiger partial charge in [-0.15, -0.1) is 0 Å². The van der Waals surface area contributed by atoms with Gasteiger partial charge in [0.25, 0.3) is 11.8 Å². The average molecular weight is 436 g/mol. The van der Waals surface area contributed by atoms with Crippen molar-refractivity contribution in [2.75, 3.05) is 33.3 Å². The Morgan fingerprint density at radius 3 is 1.81 bits per heavy atom. The smallest absolute Gasteiger partial charge is 0.253 e. The average Bonchev–Trinajstić information content (AvgIpc) is 3.27. The Morgan fingerprint density at radius 1 is 0.875 bits per heavy atom. The summed E-state index contributed by atoms with van der Waals surface area (Å²) in [4.78, 5) is 33.2. The van der Waals surface area contributed by atoms with E-state index in [9.17, 15) is 9.59 Å². The van der Waals surface area contributed by atoms with E-state index in [2.05, 4.69) is 10.1 Å². The molecule has 2 amide bonds. The van der Waals surface area contributed by atoms with Crippen molar-refractivity contribution in [1.29, 1.82) is 0 Å². The number of carbonyl (C=O) groups is 2. The third-order valence-corrected chi connectivity index (χ3v) is 5.23. The summed E-state index contributed by atoms with van der Waals surface area (Å²) in [6.45, 7) is 3.84. The zero-order valence-corrected chi connectivity index (χ0v) is 18.0. The van der Waals surface area contributed by atoms with E-state index in [1.54, 1.807) is 72.4 Å². The quantitative estimate of drug-likeness (QED) is 0.586. The van der Waals surface area contributed by atoms with Crippen molar-refractivity contribution >= 4 is 11.8 Å². The summed E-state index contributed by atoms with van der Waals surface area (Å²) in [6.07, 6.45) is 0. The van der Waals surface area contributed by atoms with E-state index in [1.165, 1.54) is 0 Å². The number of aromatic nitrogens is 2. The first-order chi connectivity index (χ1) is 15.5. The molecule has 9 heteroatoms. The Morgan fingerprint density at radius 2 is 1.38 bits per heavy atom. The number of rotatable bonds is 6. The van der Waals surface area contributed by atoms with Crippen LogP contribution in [0.2, 0.25) is 0 Å². The Balaban J connectivity index is 1.29. The van der Waals surface area contributed by atoms with Gasteiger partial charge in [0.05, 0.1) is 7.11 Å². The Kier molecular flexibility index (Phi) is 6.34. The zero-order valence-electron chi connectivity index (χ0n) is 18.0. The van der Waals surface area contributed by atoms with Crippen LogP contribution in [0.4, 0.5) is 0 Å². The van der Waals surface area contributed by atoms with E-state index < -0.39 is 0 Å². The fourth-order valence-electron chi connectivity index (χ4n) is 3.45. The van der Waals surface area contributed by atoms with Crippen LogP contribution in [0.1, 0.15) is 32.4 Å². The van der Waals surface area contributed by atoms with Gasteiger partial charge in [-0.05, 0) is 48.5 Å². The SMILES string of the molecule is COc1ccc(C(=O)N2CCN(C(=O)c3ccc(OCc4noc(C)n4)cc3)CC2)cc1. The number of aryl methyl sites for hydroxylation is 1. The van der Waals surface area contributed by atoms with Crippen molar-refractivity contribution in [1.82, 2.24) is 19.9 Å². The van der Waals surface area contributed by atoms with Gasteiger partial charge < -0.3 is 23.8 Å². The van der Waals surface area contributed by atoms with E-state index >= 15 is 0 Å².